The van der Waals surface area contributed by atoms with Crippen LogP contribution < -0.4 is 0 Å². The van der Waals surface area contributed by atoms with Gasteiger partial charge >= 0.3 is 0 Å². The van der Waals surface area contributed by atoms with E-state index < -0.39 is 0 Å². The maximum Gasteiger partial charge on any atom is 0.0236 e. The molecular weight excluding hydrogens is 320 g/mol. The molecule has 0 aliphatic rings. The maximum atomic E-state index is 3.68. The van der Waals surface area contributed by atoms with Crippen molar-refractivity contribution in [1.82, 2.24) is 0 Å². The van der Waals surface area contributed by atoms with Crippen LogP contribution >= 0.6 is 15.9 Å². The summed E-state index contributed by atoms with van der Waals surface area (Å²) < 4.78 is 0.192. The Labute approximate surface area is 141 Å². The fourth-order valence-corrected chi connectivity index (χ4v) is 2.10. The minimum absolute atomic E-state index is 0.192. The Bertz CT molecular complexity index is 421. The lowest BCUT2D eigenvalue weighted by molar-refractivity contribution is 0.741. The standard InChI is InChI=1S/C20H33Br/c1-16(2)9-8-10-17(3)11-12-18(4)15-19(5)13-14-20(6,7)21/h9,11,13,15H,8,10,12,14H2,1-7H3/b17-11+,18-15+,19-13+. The molecule has 0 saturated heterocycles. The van der Waals surface area contributed by atoms with Gasteiger partial charge in [0.05, 0.1) is 0 Å². The molecule has 0 atom stereocenters. The fourth-order valence-electron chi connectivity index (χ4n) is 1.94. The smallest absolute Gasteiger partial charge is 0.0236 e. The summed E-state index contributed by atoms with van der Waals surface area (Å²) in [7, 11) is 0. The van der Waals surface area contributed by atoms with Gasteiger partial charge in [-0.2, -0.15) is 0 Å². The zero-order valence-corrected chi connectivity index (χ0v) is 16.6. The molecule has 1 heteroatoms. The van der Waals surface area contributed by atoms with Crippen LogP contribution in [0.3, 0.4) is 0 Å². The second kappa shape index (κ2) is 10.2. The molecule has 0 saturated carbocycles. The number of halogens is 1. The van der Waals surface area contributed by atoms with Crippen LogP contribution in [-0.2, 0) is 0 Å². The van der Waals surface area contributed by atoms with E-state index >= 15 is 0 Å². The average Bonchev–Trinajstić information content (AvgIpc) is 2.32. The second-order valence-electron chi connectivity index (χ2n) is 6.94. The molecule has 0 aliphatic carbocycles. The van der Waals surface area contributed by atoms with Crippen LogP contribution in [0.5, 0.6) is 0 Å². The predicted molar refractivity (Wildman–Crippen MR) is 102 cm³/mol. The summed E-state index contributed by atoms with van der Waals surface area (Å²) in [6.07, 6.45) is 13.7. The lowest BCUT2D eigenvalue weighted by Crippen LogP contribution is -2.06. The quantitative estimate of drug-likeness (QED) is 0.240. The van der Waals surface area contributed by atoms with E-state index in [9.17, 15) is 0 Å². The first-order chi connectivity index (χ1) is 9.60. The third kappa shape index (κ3) is 14.2. The van der Waals surface area contributed by atoms with Crippen molar-refractivity contribution >= 4 is 15.9 Å². The van der Waals surface area contributed by atoms with Gasteiger partial charge in [0.15, 0.2) is 0 Å². The van der Waals surface area contributed by atoms with E-state index in [0.717, 1.165) is 19.3 Å². The van der Waals surface area contributed by atoms with Crippen LogP contribution in [0.4, 0.5) is 0 Å². The summed E-state index contributed by atoms with van der Waals surface area (Å²) in [6, 6.07) is 0. The van der Waals surface area contributed by atoms with Crippen LogP contribution in [-0.4, -0.2) is 4.32 Å². The van der Waals surface area contributed by atoms with Gasteiger partial charge in [-0.15, -0.1) is 0 Å². The molecule has 0 rings (SSSR count). The van der Waals surface area contributed by atoms with Crippen molar-refractivity contribution in [3.63, 3.8) is 0 Å². The number of rotatable bonds is 8. The molecule has 0 amide bonds. The van der Waals surface area contributed by atoms with Crippen molar-refractivity contribution in [2.45, 2.75) is 78.5 Å². The summed E-state index contributed by atoms with van der Waals surface area (Å²) >= 11 is 3.68. The molecule has 0 radical (unpaired) electrons. The molecule has 0 spiro atoms. The van der Waals surface area contributed by atoms with Crippen LogP contribution in [0.2, 0.25) is 0 Å². The Morgan fingerprint density at radius 1 is 0.905 bits per heavy atom. The van der Waals surface area contributed by atoms with Crippen LogP contribution in [0.15, 0.2) is 46.6 Å². The molecule has 21 heavy (non-hydrogen) atoms. The number of hydrogen-bond donors (Lipinski definition) is 0. The van der Waals surface area contributed by atoms with Crippen molar-refractivity contribution in [3.05, 3.63) is 46.6 Å². The highest BCUT2D eigenvalue weighted by molar-refractivity contribution is 9.10. The molecule has 120 valence electrons. The van der Waals surface area contributed by atoms with Gasteiger partial charge in [0.2, 0.25) is 0 Å². The first-order valence-electron chi connectivity index (χ1n) is 7.92. The van der Waals surface area contributed by atoms with Crippen molar-refractivity contribution in [2.75, 3.05) is 0 Å². The SMILES string of the molecule is CC(C)=CCC/C(C)=C/C/C(C)=C/C(C)=C/CC(C)(C)Br. The summed E-state index contributed by atoms with van der Waals surface area (Å²) in [5.41, 5.74) is 5.69. The average molecular weight is 353 g/mol. The molecule has 0 bridgehead atoms. The lowest BCUT2D eigenvalue weighted by atomic mass is 10.0. The second-order valence-corrected chi connectivity index (χ2v) is 9.08. The van der Waals surface area contributed by atoms with Gasteiger partial charge in [-0.3, -0.25) is 0 Å². The van der Waals surface area contributed by atoms with E-state index in [2.05, 4.69) is 88.7 Å². The Kier molecular flexibility index (Phi) is 9.94. The van der Waals surface area contributed by atoms with Gasteiger partial charge in [-0.25, -0.2) is 0 Å². The molecule has 0 N–H and O–H groups in total. The van der Waals surface area contributed by atoms with Crippen molar-refractivity contribution in [3.8, 4) is 0 Å². The highest BCUT2D eigenvalue weighted by Crippen LogP contribution is 2.22. The lowest BCUT2D eigenvalue weighted by Gasteiger charge is -2.12. The summed E-state index contributed by atoms with van der Waals surface area (Å²) in [6.45, 7) is 15.4. The first-order valence-corrected chi connectivity index (χ1v) is 8.71. The Hall–Kier alpha value is -0.560. The van der Waals surface area contributed by atoms with Crippen molar-refractivity contribution in [2.24, 2.45) is 0 Å². The molecule has 0 heterocycles. The molecule has 0 unspecified atom stereocenters. The van der Waals surface area contributed by atoms with Crippen LogP contribution in [0.1, 0.15) is 74.1 Å². The van der Waals surface area contributed by atoms with E-state index in [1.54, 1.807) is 0 Å². The molecule has 0 nitrogen and oxygen atoms in total. The third-order valence-corrected chi connectivity index (χ3v) is 3.57. The number of alkyl halides is 1. The fraction of sp³-hybridized carbons (Fsp3) is 0.600. The van der Waals surface area contributed by atoms with Crippen molar-refractivity contribution in [1.29, 1.82) is 0 Å². The molecule has 0 aromatic carbocycles. The highest BCUT2D eigenvalue weighted by atomic mass is 79.9. The van der Waals surface area contributed by atoms with E-state index in [1.807, 2.05) is 0 Å². The zero-order chi connectivity index (χ0) is 16.5. The van der Waals surface area contributed by atoms with Crippen molar-refractivity contribution < 1.29 is 0 Å². The maximum absolute atomic E-state index is 3.68. The third-order valence-electron chi connectivity index (χ3n) is 3.25. The number of allylic oxidation sites excluding steroid dienone is 8. The highest BCUT2D eigenvalue weighted by Gasteiger charge is 2.09. The summed E-state index contributed by atoms with van der Waals surface area (Å²) in [5.74, 6) is 0. The van der Waals surface area contributed by atoms with Crippen LogP contribution in [0.25, 0.3) is 0 Å². The molecule has 0 fully saturated rings. The normalized spacial score (nSPS) is 14.4. The van der Waals surface area contributed by atoms with Gasteiger partial charge < -0.3 is 0 Å². The Balaban J connectivity index is 4.37. The Morgan fingerprint density at radius 3 is 2.05 bits per heavy atom. The van der Waals surface area contributed by atoms with E-state index in [-0.39, 0.29) is 4.32 Å². The van der Waals surface area contributed by atoms with Gasteiger partial charge in [0.1, 0.15) is 0 Å². The minimum atomic E-state index is 0.192. The monoisotopic (exact) mass is 352 g/mol. The minimum Gasteiger partial charge on any atom is -0.0856 e. The molecule has 0 aliphatic heterocycles. The number of hydrogen-bond acceptors (Lipinski definition) is 0. The first kappa shape index (κ1) is 20.4. The predicted octanol–water partition coefficient (Wildman–Crippen LogP) is 7.53. The van der Waals surface area contributed by atoms with Gasteiger partial charge in [-0.1, -0.05) is 62.5 Å². The van der Waals surface area contributed by atoms with Crippen LogP contribution in [0, 0.1) is 0 Å². The van der Waals surface area contributed by atoms with Gasteiger partial charge in [-0.05, 0) is 74.1 Å². The largest absolute Gasteiger partial charge is 0.0856 e. The molecular formula is C20H33Br. The van der Waals surface area contributed by atoms with E-state index in [0.29, 0.717) is 0 Å². The zero-order valence-electron chi connectivity index (χ0n) is 15.0. The van der Waals surface area contributed by atoms with Gasteiger partial charge in [0, 0.05) is 4.32 Å². The van der Waals surface area contributed by atoms with E-state index in [4.69, 9.17) is 0 Å². The topological polar surface area (TPSA) is 0 Å². The van der Waals surface area contributed by atoms with Gasteiger partial charge in [0.25, 0.3) is 0 Å². The van der Waals surface area contributed by atoms with E-state index in [1.165, 1.54) is 28.7 Å². The summed E-state index contributed by atoms with van der Waals surface area (Å²) in [5, 5.41) is 0. The Morgan fingerprint density at radius 2 is 1.52 bits per heavy atom. The molecule has 0 aromatic rings. The summed E-state index contributed by atoms with van der Waals surface area (Å²) in [4.78, 5) is 0. The molecule has 0 aromatic heterocycles.